The summed E-state index contributed by atoms with van der Waals surface area (Å²) < 4.78 is 0. The van der Waals surface area contributed by atoms with Crippen LogP contribution in [0.1, 0.15) is 33.4 Å². The predicted octanol–water partition coefficient (Wildman–Crippen LogP) is 5.00. The fraction of sp³-hybridized carbons (Fsp3) is 0. The van der Waals surface area contributed by atoms with Gasteiger partial charge in [0.15, 0.2) is 0 Å². The maximum absolute atomic E-state index is 9.65. The van der Waals surface area contributed by atoms with Gasteiger partial charge in [-0.15, -0.1) is 0 Å². The van der Waals surface area contributed by atoms with Crippen LogP contribution in [0.3, 0.4) is 0 Å². The molecule has 0 spiro atoms. The van der Waals surface area contributed by atoms with Crippen LogP contribution in [0.5, 0.6) is 17.2 Å². The van der Waals surface area contributed by atoms with Gasteiger partial charge in [-0.2, -0.15) is 0 Å². The quantitative estimate of drug-likeness (QED) is 0.347. The Morgan fingerprint density at radius 3 is 0.879 bits per heavy atom. The Bertz CT molecular complexity index is 1320. The zero-order chi connectivity index (χ0) is 23.0. The number of aromatic hydroxyl groups is 3. The normalized spacial score (nSPS) is 9.45. The number of hydrogen-bond acceptors (Lipinski definition) is 3. The second-order valence-electron chi connectivity index (χ2n) is 7.20. The molecule has 0 aliphatic heterocycles. The van der Waals surface area contributed by atoms with Crippen LogP contribution < -0.4 is 0 Å². The summed E-state index contributed by atoms with van der Waals surface area (Å²) >= 11 is 0. The van der Waals surface area contributed by atoms with Crippen molar-refractivity contribution in [2.45, 2.75) is 0 Å². The molecule has 3 heteroatoms. The molecule has 0 saturated heterocycles. The fourth-order valence-corrected chi connectivity index (χ4v) is 3.03. The van der Waals surface area contributed by atoms with E-state index < -0.39 is 0 Å². The summed E-state index contributed by atoms with van der Waals surface area (Å²) in [6.45, 7) is 0. The van der Waals surface area contributed by atoms with Crippen molar-refractivity contribution in [2.75, 3.05) is 0 Å². The molecule has 0 bridgehead atoms. The zero-order valence-electron chi connectivity index (χ0n) is 17.5. The van der Waals surface area contributed by atoms with Crippen LogP contribution >= 0.6 is 0 Å². The van der Waals surface area contributed by atoms with E-state index in [-0.39, 0.29) is 17.2 Å². The van der Waals surface area contributed by atoms with Crippen molar-refractivity contribution in [1.82, 2.24) is 0 Å². The third kappa shape index (κ3) is 6.22. The second-order valence-corrected chi connectivity index (χ2v) is 7.20. The molecule has 0 aromatic heterocycles. The molecule has 3 N–H and O–H groups in total. The molecular formula is C30H18O3. The van der Waals surface area contributed by atoms with Gasteiger partial charge in [-0.25, -0.2) is 0 Å². The van der Waals surface area contributed by atoms with Crippen molar-refractivity contribution < 1.29 is 15.3 Å². The van der Waals surface area contributed by atoms with E-state index in [4.69, 9.17) is 0 Å². The van der Waals surface area contributed by atoms with Gasteiger partial charge in [-0.3, -0.25) is 0 Å². The Labute approximate surface area is 192 Å². The predicted molar refractivity (Wildman–Crippen MR) is 129 cm³/mol. The molecule has 0 amide bonds. The van der Waals surface area contributed by atoms with Gasteiger partial charge in [0.1, 0.15) is 17.2 Å². The molecule has 4 aromatic carbocycles. The molecule has 3 nitrogen and oxygen atoms in total. The minimum atomic E-state index is 0.158. The molecular weight excluding hydrogens is 408 g/mol. The zero-order valence-corrected chi connectivity index (χ0v) is 17.5. The fourth-order valence-electron chi connectivity index (χ4n) is 3.03. The van der Waals surface area contributed by atoms with Gasteiger partial charge in [0.2, 0.25) is 0 Å². The Morgan fingerprint density at radius 2 is 0.606 bits per heavy atom. The maximum atomic E-state index is 9.65. The third-order valence-corrected chi connectivity index (χ3v) is 4.53. The first-order valence-corrected chi connectivity index (χ1v) is 10.1. The average molecular weight is 426 g/mol. The molecule has 4 rings (SSSR count). The maximum Gasteiger partial charge on any atom is 0.116 e. The molecule has 33 heavy (non-hydrogen) atoms. The van der Waals surface area contributed by atoms with E-state index in [1.54, 1.807) is 54.6 Å². The summed E-state index contributed by atoms with van der Waals surface area (Å²) in [5, 5.41) is 29.0. The van der Waals surface area contributed by atoms with E-state index >= 15 is 0 Å². The van der Waals surface area contributed by atoms with Crippen LogP contribution in [0.15, 0.2) is 91.0 Å². The number of phenolic OH excluding ortho intramolecular Hbond substituents is 3. The molecule has 0 radical (unpaired) electrons. The first-order chi connectivity index (χ1) is 16.0. The molecule has 0 atom stereocenters. The lowest BCUT2D eigenvalue weighted by atomic mass is 10.0. The highest BCUT2D eigenvalue weighted by Gasteiger charge is 1.98. The van der Waals surface area contributed by atoms with Crippen molar-refractivity contribution in [2.24, 2.45) is 0 Å². The first-order valence-electron chi connectivity index (χ1n) is 10.1. The van der Waals surface area contributed by atoms with Crippen LogP contribution in [-0.4, -0.2) is 15.3 Å². The van der Waals surface area contributed by atoms with E-state index in [2.05, 4.69) is 35.5 Å². The summed E-state index contributed by atoms with van der Waals surface area (Å²) in [7, 11) is 0. The number of rotatable bonds is 0. The lowest BCUT2D eigenvalue weighted by Crippen LogP contribution is -1.85. The molecule has 0 unspecified atom stereocenters. The van der Waals surface area contributed by atoms with Gasteiger partial charge in [-0.1, -0.05) is 53.7 Å². The summed E-state index contributed by atoms with van der Waals surface area (Å²) in [6, 6.07) is 25.9. The van der Waals surface area contributed by atoms with E-state index in [0.717, 1.165) is 16.7 Å². The average Bonchev–Trinajstić information content (AvgIpc) is 2.80. The first kappa shape index (κ1) is 21.2. The Kier molecular flexibility index (Phi) is 6.33. The minimum absolute atomic E-state index is 0.158. The molecule has 0 heterocycles. The lowest BCUT2D eigenvalue weighted by molar-refractivity contribution is 0.474. The van der Waals surface area contributed by atoms with Gasteiger partial charge in [-0.05, 0) is 72.8 Å². The van der Waals surface area contributed by atoms with E-state index in [1.807, 2.05) is 36.4 Å². The molecule has 0 aliphatic rings. The lowest BCUT2D eigenvalue weighted by Gasteiger charge is -1.98. The standard InChI is InChI=1S/C30H18O3/c31-28-7-1-4-22(19-28)10-13-25-16-26(14-11-23-5-2-8-29(32)20-23)18-27(17-25)15-12-24-6-3-9-30(33)21-24/h1-9,16-21,31-33H. The van der Waals surface area contributed by atoms with E-state index in [9.17, 15) is 15.3 Å². The van der Waals surface area contributed by atoms with Crippen LogP contribution in [0.2, 0.25) is 0 Å². The summed E-state index contributed by atoms with van der Waals surface area (Å²) in [5.41, 5.74) is 4.25. The summed E-state index contributed by atoms with van der Waals surface area (Å²) in [4.78, 5) is 0. The SMILES string of the molecule is Oc1cccc(C#Cc2cc(C#Cc3cccc(O)c3)cc(C#Cc3cccc(O)c3)c2)c1. The summed E-state index contributed by atoms with van der Waals surface area (Å²) in [6.07, 6.45) is 0. The van der Waals surface area contributed by atoms with Crippen LogP contribution in [0, 0.1) is 35.5 Å². The van der Waals surface area contributed by atoms with Crippen LogP contribution in [0.25, 0.3) is 0 Å². The number of phenols is 3. The van der Waals surface area contributed by atoms with E-state index in [0.29, 0.717) is 16.7 Å². The van der Waals surface area contributed by atoms with Gasteiger partial charge in [0.05, 0.1) is 0 Å². The molecule has 0 saturated carbocycles. The number of hydrogen-bond donors (Lipinski definition) is 3. The van der Waals surface area contributed by atoms with Crippen LogP contribution in [0.4, 0.5) is 0 Å². The van der Waals surface area contributed by atoms with Gasteiger partial charge in [0.25, 0.3) is 0 Å². The van der Waals surface area contributed by atoms with Crippen molar-refractivity contribution in [3.63, 3.8) is 0 Å². The highest BCUT2D eigenvalue weighted by molar-refractivity contribution is 5.56. The van der Waals surface area contributed by atoms with Gasteiger partial charge >= 0.3 is 0 Å². The smallest absolute Gasteiger partial charge is 0.116 e. The highest BCUT2D eigenvalue weighted by atomic mass is 16.3. The van der Waals surface area contributed by atoms with Crippen molar-refractivity contribution in [3.8, 4) is 52.8 Å². The molecule has 156 valence electrons. The van der Waals surface area contributed by atoms with Gasteiger partial charge < -0.3 is 15.3 Å². The highest BCUT2D eigenvalue weighted by Crippen LogP contribution is 2.14. The topological polar surface area (TPSA) is 60.7 Å². The van der Waals surface area contributed by atoms with E-state index in [1.165, 1.54) is 0 Å². The second kappa shape index (κ2) is 9.84. The third-order valence-electron chi connectivity index (χ3n) is 4.53. The molecule has 0 fully saturated rings. The largest absolute Gasteiger partial charge is 0.508 e. The number of benzene rings is 4. The van der Waals surface area contributed by atoms with Crippen molar-refractivity contribution >= 4 is 0 Å². The Balaban J connectivity index is 1.73. The minimum Gasteiger partial charge on any atom is -0.508 e. The monoisotopic (exact) mass is 426 g/mol. The Hall–Kier alpha value is -5.04. The molecule has 0 aliphatic carbocycles. The Morgan fingerprint density at radius 1 is 0.333 bits per heavy atom. The summed E-state index contributed by atoms with van der Waals surface area (Å²) in [5.74, 6) is 18.9. The van der Waals surface area contributed by atoms with Crippen molar-refractivity contribution in [3.05, 3.63) is 124 Å². The van der Waals surface area contributed by atoms with Crippen molar-refractivity contribution in [1.29, 1.82) is 0 Å². The van der Waals surface area contributed by atoms with Crippen LogP contribution in [-0.2, 0) is 0 Å². The van der Waals surface area contributed by atoms with Gasteiger partial charge in [0, 0.05) is 33.4 Å². The molecule has 4 aromatic rings.